The van der Waals surface area contributed by atoms with Gasteiger partial charge in [0.05, 0.1) is 4.90 Å². The lowest BCUT2D eigenvalue weighted by atomic mass is 10.2. The van der Waals surface area contributed by atoms with Gasteiger partial charge < -0.3 is 4.57 Å². The van der Waals surface area contributed by atoms with E-state index < -0.39 is 15.8 Å². The molecule has 0 bridgehead atoms. The molecule has 2 aromatic heterocycles. The number of imidazole rings is 1. The smallest absolute Gasteiger partial charge is 0.240 e. The van der Waals surface area contributed by atoms with Gasteiger partial charge in [0.1, 0.15) is 17.2 Å². The van der Waals surface area contributed by atoms with E-state index in [-0.39, 0.29) is 11.4 Å². The number of hydrogen-bond acceptors (Lipinski definition) is 4. The molecule has 142 valence electrons. The van der Waals surface area contributed by atoms with Gasteiger partial charge in [-0.25, -0.2) is 27.5 Å². The normalized spacial score (nSPS) is 11.8. The fourth-order valence-corrected chi connectivity index (χ4v) is 3.99. The van der Waals surface area contributed by atoms with E-state index >= 15 is 0 Å². The van der Waals surface area contributed by atoms with Crippen molar-refractivity contribution in [3.05, 3.63) is 78.7 Å². The highest BCUT2D eigenvalue weighted by Gasteiger charge is 2.16. The molecule has 2 aromatic carbocycles. The maximum atomic E-state index is 13.0. The van der Waals surface area contributed by atoms with Crippen LogP contribution in [0.4, 0.5) is 4.39 Å². The Bertz CT molecular complexity index is 1210. The molecule has 4 aromatic rings. The Morgan fingerprint density at radius 1 is 0.964 bits per heavy atom. The van der Waals surface area contributed by atoms with Gasteiger partial charge in [-0.3, -0.25) is 0 Å². The van der Waals surface area contributed by atoms with Crippen LogP contribution in [0.1, 0.15) is 0 Å². The first kappa shape index (κ1) is 18.3. The molecule has 6 nitrogen and oxygen atoms in total. The molecule has 8 heteroatoms. The van der Waals surface area contributed by atoms with Gasteiger partial charge in [0.15, 0.2) is 5.65 Å². The number of aromatic nitrogens is 3. The fraction of sp³-hybridized carbons (Fsp3) is 0.100. The van der Waals surface area contributed by atoms with Crippen molar-refractivity contribution in [1.82, 2.24) is 19.3 Å². The summed E-state index contributed by atoms with van der Waals surface area (Å²) >= 11 is 0. The van der Waals surface area contributed by atoms with Crippen LogP contribution in [0, 0.1) is 5.82 Å². The summed E-state index contributed by atoms with van der Waals surface area (Å²) in [5.41, 5.74) is 2.34. The molecule has 0 spiro atoms. The molecule has 0 fully saturated rings. The predicted molar refractivity (Wildman–Crippen MR) is 105 cm³/mol. The first-order valence-electron chi connectivity index (χ1n) is 8.66. The summed E-state index contributed by atoms with van der Waals surface area (Å²) < 4.78 is 42.3. The monoisotopic (exact) mass is 396 g/mol. The van der Waals surface area contributed by atoms with Gasteiger partial charge in [-0.2, -0.15) is 0 Å². The lowest BCUT2D eigenvalue weighted by Gasteiger charge is -2.10. The van der Waals surface area contributed by atoms with Crippen LogP contribution in [-0.4, -0.2) is 29.5 Å². The maximum absolute atomic E-state index is 13.0. The first-order chi connectivity index (χ1) is 13.5. The summed E-state index contributed by atoms with van der Waals surface area (Å²) in [5, 5.41) is 0. The second kappa shape index (κ2) is 7.49. The number of sulfonamides is 1. The van der Waals surface area contributed by atoms with Crippen LogP contribution in [-0.2, 0) is 16.6 Å². The number of halogens is 1. The maximum Gasteiger partial charge on any atom is 0.240 e. The van der Waals surface area contributed by atoms with Crippen LogP contribution in [0.25, 0.3) is 22.6 Å². The molecular formula is C20H17FN4O2S. The quantitative estimate of drug-likeness (QED) is 0.543. The molecule has 0 unspecified atom stereocenters. The predicted octanol–water partition coefficient (Wildman–Crippen LogP) is 3.22. The highest BCUT2D eigenvalue weighted by molar-refractivity contribution is 7.89. The Kier molecular flexibility index (Phi) is 4.89. The van der Waals surface area contributed by atoms with Crippen LogP contribution < -0.4 is 4.72 Å². The van der Waals surface area contributed by atoms with Crippen molar-refractivity contribution in [3.8, 4) is 11.4 Å². The molecule has 0 aliphatic rings. The minimum Gasteiger partial charge on any atom is -0.307 e. The van der Waals surface area contributed by atoms with Crippen molar-refractivity contribution in [1.29, 1.82) is 0 Å². The molecule has 0 atom stereocenters. The number of pyridine rings is 1. The Morgan fingerprint density at radius 2 is 1.71 bits per heavy atom. The van der Waals surface area contributed by atoms with E-state index in [4.69, 9.17) is 0 Å². The first-order valence-corrected chi connectivity index (χ1v) is 10.1. The Balaban J connectivity index is 1.60. The van der Waals surface area contributed by atoms with Crippen LogP contribution in [0.2, 0.25) is 0 Å². The highest BCUT2D eigenvalue weighted by Crippen LogP contribution is 2.23. The molecule has 0 aliphatic carbocycles. The van der Waals surface area contributed by atoms with Gasteiger partial charge in [-0.15, -0.1) is 0 Å². The Morgan fingerprint density at radius 3 is 2.46 bits per heavy atom. The van der Waals surface area contributed by atoms with Gasteiger partial charge >= 0.3 is 0 Å². The van der Waals surface area contributed by atoms with E-state index in [0.29, 0.717) is 12.2 Å². The summed E-state index contributed by atoms with van der Waals surface area (Å²) in [6.45, 7) is 0.486. The van der Waals surface area contributed by atoms with Crippen LogP contribution in [0.3, 0.4) is 0 Å². The minimum absolute atomic E-state index is 0.0193. The third kappa shape index (κ3) is 3.64. The largest absolute Gasteiger partial charge is 0.307 e. The number of nitrogens with zero attached hydrogens (tertiary/aromatic N) is 3. The molecule has 28 heavy (non-hydrogen) atoms. The second-order valence-corrected chi connectivity index (χ2v) is 7.92. The van der Waals surface area contributed by atoms with E-state index in [1.54, 1.807) is 6.20 Å². The van der Waals surface area contributed by atoms with Crippen LogP contribution in [0.15, 0.2) is 77.8 Å². The molecule has 0 aliphatic heterocycles. The van der Waals surface area contributed by atoms with Gasteiger partial charge in [0, 0.05) is 24.8 Å². The third-order valence-corrected chi connectivity index (χ3v) is 5.76. The number of nitrogens with one attached hydrogen (secondary N) is 1. The van der Waals surface area contributed by atoms with Gasteiger partial charge in [-0.1, -0.05) is 30.3 Å². The average molecular weight is 396 g/mol. The standard InChI is InChI=1S/C20H17FN4O2S/c21-16-8-10-17(11-9-16)28(26,27)23-13-14-25-19(15-5-2-1-3-6-15)24-18-7-4-12-22-20(18)25/h1-12,23H,13-14H2. The van der Waals surface area contributed by atoms with Gasteiger partial charge in [0.25, 0.3) is 0 Å². The van der Waals surface area contributed by atoms with Gasteiger partial charge in [0.2, 0.25) is 10.0 Å². The van der Waals surface area contributed by atoms with E-state index in [1.165, 1.54) is 12.1 Å². The molecule has 2 heterocycles. The molecule has 4 rings (SSSR count). The SMILES string of the molecule is O=S(=O)(NCCn1c(-c2ccccc2)nc2cccnc21)c1ccc(F)cc1. The summed E-state index contributed by atoms with van der Waals surface area (Å²) in [5.74, 6) is 0.234. The number of rotatable bonds is 6. The summed E-state index contributed by atoms with van der Waals surface area (Å²) in [4.78, 5) is 9.06. The van der Waals surface area contributed by atoms with Crippen molar-refractivity contribution in [2.75, 3.05) is 6.54 Å². The Labute approximate surface area is 161 Å². The number of hydrogen-bond donors (Lipinski definition) is 1. The van der Waals surface area contributed by atoms with Crippen molar-refractivity contribution < 1.29 is 12.8 Å². The zero-order chi connectivity index (χ0) is 19.6. The second-order valence-electron chi connectivity index (χ2n) is 6.15. The summed E-state index contributed by atoms with van der Waals surface area (Å²) in [6, 6.07) is 18.0. The molecule has 0 amide bonds. The molecular weight excluding hydrogens is 379 g/mol. The van der Waals surface area contributed by atoms with E-state index in [9.17, 15) is 12.8 Å². The van der Waals surface area contributed by atoms with Crippen LogP contribution >= 0.6 is 0 Å². The molecule has 0 radical (unpaired) electrons. The highest BCUT2D eigenvalue weighted by atomic mass is 32.2. The van der Waals surface area contributed by atoms with Crippen molar-refractivity contribution >= 4 is 21.2 Å². The average Bonchev–Trinajstić information content (AvgIpc) is 3.08. The summed E-state index contributed by atoms with van der Waals surface area (Å²) in [6.07, 6.45) is 1.68. The van der Waals surface area contributed by atoms with Crippen molar-refractivity contribution in [2.24, 2.45) is 0 Å². The molecule has 0 saturated carbocycles. The van der Waals surface area contributed by atoms with Crippen LogP contribution in [0.5, 0.6) is 0 Å². The Hall–Kier alpha value is -3.10. The lowest BCUT2D eigenvalue weighted by Crippen LogP contribution is -2.27. The summed E-state index contributed by atoms with van der Waals surface area (Å²) in [7, 11) is -3.73. The third-order valence-electron chi connectivity index (χ3n) is 4.29. The van der Waals surface area contributed by atoms with E-state index in [2.05, 4.69) is 14.7 Å². The molecule has 0 saturated heterocycles. The fourth-order valence-electron chi connectivity index (χ4n) is 2.97. The van der Waals surface area contributed by atoms with E-state index in [1.807, 2.05) is 47.0 Å². The number of benzene rings is 2. The lowest BCUT2D eigenvalue weighted by molar-refractivity contribution is 0.573. The van der Waals surface area contributed by atoms with Crippen molar-refractivity contribution in [2.45, 2.75) is 11.4 Å². The zero-order valence-electron chi connectivity index (χ0n) is 14.8. The minimum atomic E-state index is -3.73. The molecule has 1 N–H and O–H groups in total. The van der Waals surface area contributed by atoms with Gasteiger partial charge in [-0.05, 0) is 36.4 Å². The topological polar surface area (TPSA) is 76.9 Å². The number of fused-ring (bicyclic) bond motifs is 1. The zero-order valence-corrected chi connectivity index (χ0v) is 15.6. The van der Waals surface area contributed by atoms with Crippen molar-refractivity contribution in [3.63, 3.8) is 0 Å². The van der Waals surface area contributed by atoms with E-state index in [0.717, 1.165) is 29.0 Å².